The van der Waals surface area contributed by atoms with E-state index in [1.54, 1.807) is 24.3 Å². The van der Waals surface area contributed by atoms with Crippen molar-refractivity contribution in [2.45, 2.75) is 20.0 Å². The molecule has 1 aliphatic rings. The van der Waals surface area contributed by atoms with Gasteiger partial charge in [0.2, 0.25) is 0 Å². The first-order chi connectivity index (χ1) is 17.4. The predicted octanol–water partition coefficient (Wildman–Crippen LogP) is 8.11. The summed E-state index contributed by atoms with van der Waals surface area (Å²) in [6.45, 7) is 6.63. The van der Waals surface area contributed by atoms with Gasteiger partial charge < -0.3 is 9.47 Å². The molecule has 3 aromatic carbocycles. The van der Waals surface area contributed by atoms with Crippen molar-refractivity contribution < 1.29 is 14.3 Å². The third-order valence-corrected chi connectivity index (χ3v) is 7.10. The highest BCUT2D eigenvalue weighted by Crippen LogP contribution is 2.39. The van der Waals surface area contributed by atoms with E-state index in [-0.39, 0.29) is 5.91 Å². The number of ether oxygens (including phenoxy) is 2. The van der Waals surface area contributed by atoms with E-state index in [9.17, 15) is 4.79 Å². The standard InChI is InChI=1S/C28H23Cl2NO3S2/c1-3-5-20-14-19(15-24(33-4-2)26(20)34-17-18-6-8-21(29)9-7-18)16-25-27(32)31(28(35)36-25)23-12-10-22(30)11-13-23/h3,6-16H,1,4-5,17H2,2H3/b25-16+. The summed E-state index contributed by atoms with van der Waals surface area (Å²) >= 11 is 18.8. The van der Waals surface area contributed by atoms with E-state index in [0.717, 1.165) is 16.7 Å². The van der Waals surface area contributed by atoms with Crippen molar-refractivity contribution in [2.75, 3.05) is 11.5 Å². The summed E-state index contributed by atoms with van der Waals surface area (Å²) in [7, 11) is 0. The maximum atomic E-state index is 13.2. The molecule has 3 aromatic rings. The summed E-state index contributed by atoms with van der Waals surface area (Å²) in [5.41, 5.74) is 3.38. The van der Waals surface area contributed by atoms with Crippen molar-refractivity contribution in [3.63, 3.8) is 0 Å². The average molecular weight is 557 g/mol. The molecular weight excluding hydrogens is 533 g/mol. The Balaban J connectivity index is 1.65. The van der Waals surface area contributed by atoms with Crippen LogP contribution in [0.3, 0.4) is 0 Å². The summed E-state index contributed by atoms with van der Waals surface area (Å²) in [6.07, 6.45) is 4.21. The molecule has 0 aromatic heterocycles. The number of carbonyl (C=O) groups is 1. The summed E-state index contributed by atoms with van der Waals surface area (Å²) in [5.74, 6) is 1.07. The number of allylic oxidation sites excluding steroid dienone is 1. The number of nitrogens with zero attached hydrogens (tertiary/aromatic N) is 1. The minimum absolute atomic E-state index is 0.182. The van der Waals surface area contributed by atoms with Gasteiger partial charge in [0.05, 0.1) is 17.2 Å². The highest BCUT2D eigenvalue weighted by atomic mass is 35.5. The Hall–Kier alpha value is -2.77. The number of thioether (sulfide) groups is 1. The predicted molar refractivity (Wildman–Crippen MR) is 154 cm³/mol. The molecule has 0 spiro atoms. The van der Waals surface area contributed by atoms with Crippen LogP contribution in [0.25, 0.3) is 6.08 Å². The monoisotopic (exact) mass is 555 g/mol. The lowest BCUT2D eigenvalue weighted by atomic mass is 10.0. The maximum Gasteiger partial charge on any atom is 0.270 e. The fourth-order valence-corrected chi connectivity index (χ4v) is 5.22. The van der Waals surface area contributed by atoms with Crippen LogP contribution in [-0.4, -0.2) is 16.8 Å². The number of hydrogen-bond acceptors (Lipinski definition) is 5. The van der Waals surface area contributed by atoms with Crippen LogP contribution in [0.2, 0.25) is 10.0 Å². The second kappa shape index (κ2) is 12.0. The summed E-state index contributed by atoms with van der Waals surface area (Å²) < 4.78 is 12.6. The quantitative estimate of drug-likeness (QED) is 0.151. The van der Waals surface area contributed by atoms with Gasteiger partial charge in [-0.2, -0.15) is 0 Å². The van der Waals surface area contributed by atoms with Gasteiger partial charge >= 0.3 is 0 Å². The van der Waals surface area contributed by atoms with Gasteiger partial charge in [-0.25, -0.2) is 0 Å². The lowest BCUT2D eigenvalue weighted by Crippen LogP contribution is -2.27. The van der Waals surface area contributed by atoms with Gasteiger partial charge in [-0.1, -0.05) is 65.4 Å². The fourth-order valence-electron chi connectivity index (χ4n) is 3.67. The molecule has 1 amide bonds. The number of amides is 1. The van der Waals surface area contributed by atoms with Gasteiger partial charge in [0.1, 0.15) is 6.61 Å². The first-order valence-electron chi connectivity index (χ1n) is 11.2. The Kier molecular flexibility index (Phi) is 8.75. The molecule has 0 unspecified atom stereocenters. The Morgan fingerprint density at radius 3 is 2.33 bits per heavy atom. The van der Waals surface area contributed by atoms with E-state index in [1.165, 1.54) is 16.7 Å². The molecule has 0 bridgehead atoms. The van der Waals surface area contributed by atoms with Crippen LogP contribution in [0.15, 0.2) is 78.2 Å². The molecule has 0 saturated carbocycles. The zero-order chi connectivity index (χ0) is 25.7. The summed E-state index contributed by atoms with van der Waals surface area (Å²) in [5, 5.41) is 1.27. The van der Waals surface area contributed by atoms with Crippen LogP contribution < -0.4 is 14.4 Å². The minimum Gasteiger partial charge on any atom is -0.490 e. The second-order valence-corrected chi connectivity index (χ2v) is 10.4. The van der Waals surface area contributed by atoms with Gasteiger partial charge in [-0.3, -0.25) is 9.69 Å². The Bertz CT molecular complexity index is 1320. The van der Waals surface area contributed by atoms with Crippen molar-refractivity contribution in [3.05, 3.63) is 105 Å². The van der Waals surface area contributed by atoms with Gasteiger partial charge in [-0.05, 0) is 79.1 Å². The van der Waals surface area contributed by atoms with Gasteiger partial charge in [0.15, 0.2) is 15.8 Å². The SMILES string of the molecule is C=CCc1cc(/C=C2/SC(=S)N(c3ccc(Cl)cc3)C2=O)cc(OCC)c1OCc1ccc(Cl)cc1. The molecule has 0 N–H and O–H groups in total. The Morgan fingerprint density at radius 1 is 1.03 bits per heavy atom. The normalized spacial score (nSPS) is 14.4. The average Bonchev–Trinajstić information content (AvgIpc) is 3.13. The molecule has 184 valence electrons. The molecule has 0 atom stereocenters. The van der Waals surface area contributed by atoms with Crippen molar-refractivity contribution in [3.8, 4) is 11.5 Å². The van der Waals surface area contributed by atoms with Crippen molar-refractivity contribution in [1.82, 2.24) is 0 Å². The number of thiocarbonyl (C=S) groups is 1. The fraction of sp³-hybridized carbons (Fsp3) is 0.143. The maximum absolute atomic E-state index is 13.2. The summed E-state index contributed by atoms with van der Waals surface area (Å²) in [4.78, 5) is 15.3. The highest BCUT2D eigenvalue weighted by Gasteiger charge is 2.33. The molecule has 1 heterocycles. The van der Waals surface area contributed by atoms with E-state index < -0.39 is 0 Å². The number of rotatable bonds is 9. The van der Waals surface area contributed by atoms with Crippen molar-refractivity contribution >= 4 is 69.2 Å². The van der Waals surface area contributed by atoms with Crippen LogP contribution >= 0.6 is 47.2 Å². The Morgan fingerprint density at radius 2 is 1.69 bits per heavy atom. The topological polar surface area (TPSA) is 38.8 Å². The van der Waals surface area contributed by atoms with Gasteiger partial charge in [0.25, 0.3) is 5.91 Å². The summed E-state index contributed by atoms with van der Waals surface area (Å²) in [6, 6.07) is 18.4. The lowest BCUT2D eigenvalue weighted by molar-refractivity contribution is -0.113. The number of carbonyl (C=O) groups excluding carboxylic acids is 1. The number of anilines is 1. The van der Waals surface area contributed by atoms with Gasteiger partial charge in [0, 0.05) is 15.6 Å². The third-order valence-electron chi connectivity index (χ3n) is 5.29. The molecule has 8 heteroatoms. The molecule has 1 saturated heterocycles. The number of benzene rings is 3. The van der Waals surface area contributed by atoms with Crippen molar-refractivity contribution in [1.29, 1.82) is 0 Å². The first kappa shape index (κ1) is 26.3. The Labute approximate surface area is 230 Å². The lowest BCUT2D eigenvalue weighted by Gasteiger charge is -2.17. The second-order valence-electron chi connectivity index (χ2n) is 7.84. The number of hydrogen-bond donors (Lipinski definition) is 0. The van der Waals surface area contributed by atoms with Crippen LogP contribution in [0.4, 0.5) is 5.69 Å². The largest absolute Gasteiger partial charge is 0.490 e. The molecular formula is C28H23Cl2NO3S2. The third kappa shape index (κ3) is 6.13. The molecule has 1 fully saturated rings. The molecule has 0 aliphatic carbocycles. The van der Waals surface area contributed by atoms with E-state index in [4.69, 9.17) is 44.9 Å². The zero-order valence-corrected chi connectivity index (χ0v) is 22.6. The van der Waals surface area contributed by atoms with Crippen LogP contribution in [0.1, 0.15) is 23.6 Å². The molecule has 0 radical (unpaired) electrons. The van der Waals surface area contributed by atoms with E-state index in [0.29, 0.717) is 56.1 Å². The van der Waals surface area contributed by atoms with Crippen LogP contribution in [-0.2, 0) is 17.8 Å². The molecule has 4 rings (SSSR count). The number of halogens is 2. The van der Waals surface area contributed by atoms with E-state index >= 15 is 0 Å². The molecule has 1 aliphatic heterocycles. The minimum atomic E-state index is -0.182. The van der Waals surface area contributed by atoms with Crippen LogP contribution in [0, 0.1) is 0 Å². The zero-order valence-electron chi connectivity index (χ0n) is 19.5. The molecule has 4 nitrogen and oxygen atoms in total. The van der Waals surface area contributed by atoms with Gasteiger partial charge in [-0.15, -0.1) is 6.58 Å². The van der Waals surface area contributed by atoms with Crippen LogP contribution in [0.5, 0.6) is 11.5 Å². The van der Waals surface area contributed by atoms with E-state index in [2.05, 4.69) is 6.58 Å². The molecule has 36 heavy (non-hydrogen) atoms. The highest BCUT2D eigenvalue weighted by molar-refractivity contribution is 8.27. The smallest absolute Gasteiger partial charge is 0.270 e. The van der Waals surface area contributed by atoms with E-state index in [1.807, 2.05) is 55.5 Å². The van der Waals surface area contributed by atoms with Crippen molar-refractivity contribution in [2.24, 2.45) is 0 Å². The first-order valence-corrected chi connectivity index (χ1v) is 13.2.